The van der Waals surface area contributed by atoms with Crippen LogP contribution in [0.2, 0.25) is 5.02 Å². The van der Waals surface area contributed by atoms with Crippen LogP contribution in [0.15, 0.2) is 52.4 Å². The average Bonchev–Trinajstić information content (AvgIpc) is 2.75. The highest BCUT2D eigenvalue weighted by molar-refractivity contribution is 7.89. The summed E-state index contributed by atoms with van der Waals surface area (Å²) >= 11 is 5.94. The predicted molar refractivity (Wildman–Crippen MR) is 84.1 cm³/mol. The fourth-order valence-corrected chi connectivity index (χ4v) is 2.76. The Kier molecular flexibility index (Phi) is 3.48. The predicted octanol–water partition coefficient (Wildman–Crippen LogP) is 2.06. The molecule has 0 spiro atoms. The van der Waals surface area contributed by atoms with Gasteiger partial charge in [-0.15, -0.1) is 0 Å². The van der Waals surface area contributed by atoms with Crippen LogP contribution in [0.1, 0.15) is 5.56 Å². The number of benzene rings is 2. The van der Waals surface area contributed by atoms with Gasteiger partial charge < -0.3 is 5.32 Å². The number of hydrogen-bond acceptors (Lipinski definition) is 4. The van der Waals surface area contributed by atoms with Crippen LogP contribution in [-0.2, 0) is 14.8 Å². The minimum Gasteiger partial charge on any atom is -0.320 e. The second-order valence-corrected chi connectivity index (χ2v) is 6.64. The standard InChI is InChI=1S/C14H10ClN3O3S/c15-8-1-6-12-11(7-8)13(14(19)18-12)17-9-2-4-10(5-3-9)22(16,20)21/h1-7H,(H2,16,20,21)(H,17,18,19). The van der Waals surface area contributed by atoms with Crippen molar-refractivity contribution in [3.63, 3.8) is 0 Å². The number of primary sulfonamides is 1. The number of hydrogen-bond donors (Lipinski definition) is 2. The monoisotopic (exact) mass is 335 g/mol. The van der Waals surface area contributed by atoms with Crippen molar-refractivity contribution in [1.82, 2.24) is 0 Å². The third kappa shape index (κ3) is 2.74. The van der Waals surface area contributed by atoms with Gasteiger partial charge >= 0.3 is 0 Å². The van der Waals surface area contributed by atoms with Gasteiger partial charge in [0.05, 0.1) is 16.3 Å². The number of nitrogens with two attached hydrogens (primary N) is 1. The van der Waals surface area contributed by atoms with Gasteiger partial charge in [-0.25, -0.2) is 18.5 Å². The zero-order valence-electron chi connectivity index (χ0n) is 11.1. The highest BCUT2D eigenvalue weighted by Crippen LogP contribution is 2.28. The van der Waals surface area contributed by atoms with Crippen molar-refractivity contribution in [2.45, 2.75) is 4.90 Å². The van der Waals surface area contributed by atoms with Gasteiger partial charge in [0.2, 0.25) is 10.0 Å². The molecule has 22 heavy (non-hydrogen) atoms. The average molecular weight is 336 g/mol. The smallest absolute Gasteiger partial charge is 0.275 e. The molecular weight excluding hydrogens is 326 g/mol. The van der Waals surface area contributed by atoms with E-state index >= 15 is 0 Å². The van der Waals surface area contributed by atoms with Crippen LogP contribution < -0.4 is 10.5 Å². The topological polar surface area (TPSA) is 102 Å². The molecule has 2 aromatic rings. The van der Waals surface area contributed by atoms with E-state index in [1.807, 2.05) is 0 Å². The lowest BCUT2D eigenvalue weighted by Crippen LogP contribution is -2.14. The number of sulfonamides is 1. The Morgan fingerprint density at radius 3 is 2.41 bits per heavy atom. The van der Waals surface area contributed by atoms with Crippen molar-refractivity contribution >= 4 is 44.6 Å². The molecule has 0 unspecified atom stereocenters. The molecule has 8 heteroatoms. The molecule has 3 rings (SSSR count). The summed E-state index contributed by atoms with van der Waals surface area (Å²) < 4.78 is 22.4. The highest BCUT2D eigenvalue weighted by atomic mass is 35.5. The molecule has 0 saturated heterocycles. The summed E-state index contributed by atoms with van der Waals surface area (Å²) in [5.41, 5.74) is 1.90. The molecule has 2 aromatic carbocycles. The number of carbonyl (C=O) groups excluding carboxylic acids is 1. The van der Waals surface area contributed by atoms with Crippen molar-refractivity contribution < 1.29 is 13.2 Å². The zero-order valence-corrected chi connectivity index (χ0v) is 12.6. The first-order chi connectivity index (χ1) is 10.3. The molecule has 1 aliphatic rings. The molecule has 6 nitrogen and oxygen atoms in total. The molecule has 112 valence electrons. The fraction of sp³-hybridized carbons (Fsp3) is 0. The Hall–Kier alpha value is -2.22. The van der Waals surface area contributed by atoms with Crippen LogP contribution >= 0.6 is 11.6 Å². The Labute approximate surface area is 131 Å². The third-order valence-electron chi connectivity index (χ3n) is 3.11. The molecular formula is C14H10ClN3O3S. The number of halogens is 1. The number of fused-ring (bicyclic) bond motifs is 1. The summed E-state index contributed by atoms with van der Waals surface area (Å²) in [6, 6.07) is 10.6. The van der Waals surface area contributed by atoms with Crippen LogP contribution in [0.5, 0.6) is 0 Å². The van der Waals surface area contributed by atoms with Crippen molar-refractivity contribution in [2.24, 2.45) is 10.1 Å². The number of nitrogens with one attached hydrogen (secondary N) is 1. The van der Waals surface area contributed by atoms with E-state index in [-0.39, 0.29) is 16.5 Å². The van der Waals surface area contributed by atoms with Crippen molar-refractivity contribution in [2.75, 3.05) is 5.32 Å². The molecule has 0 aliphatic carbocycles. The lowest BCUT2D eigenvalue weighted by Gasteiger charge is -2.01. The molecule has 0 radical (unpaired) electrons. The fourth-order valence-electron chi connectivity index (χ4n) is 2.08. The van der Waals surface area contributed by atoms with E-state index in [1.165, 1.54) is 24.3 Å². The van der Waals surface area contributed by atoms with Crippen molar-refractivity contribution in [3.8, 4) is 0 Å². The molecule has 0 fully saturated rings. The number of rotatable bonds is 2. The van der Waals surface area contributed by atoms with Crippen LogP contribution in [-0.4, -0.2) is 20.0 Å². The summed E-state index contributed by atoms with van der Waals surface area (Å²) in [4.78, 5) is 16.2. The number of nitrogens with zero attached hydrogens (tertiary/aromatic N) is 1. The van der Waals surface area contributed by atoms with Gasteiger partial charge in [-0.1, -0.05) is 11.6 Å². The first-order valence-corrected chi connectivity index (χ1v) is 8.10. The van der Waals surface area contributed by atoms with E-state index in [0.29, 0.717) is 22.0 Å². The van der Waals surface area contributed by atoms with Crippen LogP contribution in [0.25, 0.3) is 0 Å². The Morgan fingerprint density at radius 2 is 1.77 bits per heavy atom. The second-order valence-electron chi connectivity index (χ2n) is 4.64. The Morgan fingerprint density at radius 1 is 1.09 bits per heavy atom. The van der Waals surface area contributed by atoms with E-state index in [4.69, 9.17) is 16.7 Å². The van der Waals surface area contributed by atoms with Crippen LogP contribution in [0.4, 0.5) is 11.4 Å². The zero-order chi connectivity index (χ0) is 15.9. The molecule has 0 bridgehead atoms. The molecule has 1 aliphatic heterocycles. The van der Waals surface area contributed by atoms with Gasteiger partial charge in [-0.3, -0.25) is 4.79 Å². The number of anilines is 1. The molecule has 1 heterocycles. The van der Waals surface area contributed by atoms with Crippen LogP contribution in [0.3, 0.4) is 0 Å². The van der Waals surface area contributed by atoms with Gasteiger partial charge in [-0.05, 0) is 42.5 Å². The van der Waals surface area contributed by atoms with E-state index in [2.05, 4.69) is 10.3 Å². The third-order valence-corrected chi connectivity index (χ3v) is 4.27. The number of amides is 1. The highest BCUT2D eigenvalue weighted by Gasteiger charge is 2.26. The normalized spacial score (nSPS) is 15.7. The van der Waals surface area contributed by atoms with E-state index in [1.54, 1.807) is 18.2 Å². The molecule has 0 aromatic heterocycles. The van der Waals surface area contributed by atoms with Crippen molar-refractivity contribution in [3.05, 3.63) is 53.1 Å². The van der Waals surface area contributed by atoms with E-state index in [9.17, 15) is 13.2 Å². The maximum Gasteiger partial charge on any atom is 0.275 e. The summed E-state index contributed by atoms with van der Waals surface area (Å²) in [5, 5.41) is 8.21. The summed E-state index contributed by atoms with van der Waals surface area (Å²) in [7, 11) is -3.76. The first-order valence-electron chi connectivity index (χ1n) is 6.17. The summed E-state index contributed by atoms with van der Waals surface area (Å²) in [6.07, 6.45) is 0. The lowest BCUT2D eigenvalue weighted by molar-refractivity contribution is -0.110. The quantitative estimate of drug-likeness (QED) is 0.878. The lowest BCUT2D eigenvalue weighted by atomic mass is 10.1. The van der Waals surface area contributed by atoms with Gasteiger partial charge in [0.25, 0.3) is 5.91 Å². The van der Waals surface area contributed by atoms with Gasteiger partial charge in [0.15, 0.2) is 0 Å². The molecule has 1 amide bonds. The van der Waals surface area contributed by atoms with Crippen molar-refractivity contribution in [1.29, 1.82) is 0 Å². The SMILES string of the molecule is NS(=O)(=O)c1ccc(N=C2C(=O)Nc3ccc(Cl)cc32)cc1. The van der Waals surface area contributed by atoms with Crippen LogP contribution in [0, 0.1) is 0 Å². The summed E-state index contributed by atoms with van der Waals surface area (Å²) in [6.45, 7) is 0. The maximum atomic E-state index is 12.0. The first kappa shape index (κ1) is 14.7. The van der Waals surface area contributed by atoms with Gasteiger partial charge in [0.1, 0.15) is 5.71 Å². The Balaban J connectivity index is 2.03. The van der Waals surface area contributed by atoms with Gasteiger partial charge in [0, 0.05) is 10.6 Å². The molecule has 3 N–H and O–H groups in total. The minimum absolute atomic E-state index is 0.0178. The maximum absolute atomic E-state index is 12.0. The summed E-state index contributed by atoms with van der Waals surface area (Å²) in [5.74, 6) is -0.340. The molecule has 0 atom stereocenters. The van der Waals surface area contributed by atoms with Gasteiger partial charge in [-0.2, -0.15) is 0 Å². The Bertz CT molecular complexity index is 905. The second kappa shape index (κ2) is 5.20. The number of carbonyl (C=O) groups is 1. The van der Waals surface area contributed by atoms with E-state index in [0.717, 1.165) is 0 Å². The largest absolute Gasteiger partial charge is 0.320 e. The minimum atomic E-state index is -3.76. The molecule has 0 saturated carbocycles. The van der Waals surface area contributed by atoms with E-state index < -0.39 is 10.0 Å². The number of aliphatic imine (C=N–C) groups is 1.